The summed E-state index contributed by atoms with van der Waals surface area (Å²) in [4.78, 5) is 15.9. The first-order chi connectivity index (χ1) is 7.06. The Balaban J connectivity index is 2.69. The molecular weight excluding hydrogens is 190 g/mol. The molecule has 0 aliphatic carbocycles. The second-order valence-corrected chi connectivity index (χ2v) is 4.07. The topological polar surface area (TPSA) is 60.9 Å². The third-order valence-corrected chi connectivity index (χ3v) is 2.58. The van der Waals surface area contributed by atoms with E-state index in [1.807, 2.05) is 31.5 Å². The van der Waals surface area contributed by atoms with Gasteiger partial charge in [-0.1, -0.05) is 13.8 Å². The van der Waals surface area contributed by atoms with Gasteiger partial charge in [-0.25, -0.2) is 4.98 Å². The third kappa shape index (κ3) is 2.89. The fourth-order valence-corrected chi connectivity index (χ4v) is 1.36. The van der Waals surface area contributed by atoms with Gasteiger partial charge in [-0.2, -0.15) is 0 Å². The molecular formula is C11H19N3O. The van der Waals surface area contributed by atoms with Crippen molar-refractivity contribution in [1.82, 2.24) is 9.55 Å². The van der Waals surface area contributed by atoms with Crippen molar-refractivity contribution in [2.24, 2.45) is 11.7 Å². The van der Waals surface area contributed by atoms with Crippen LogP contribution in [-0.2, 0) is 6.54 Å². The molecule has 1 rings (SSSR count). The molecule has 84 valence electrons. The number of hydrogen-bond acceptors (Lipinski definition) is 3. The van der Waals surface area contributed by atoms with Gasteiger partial charge < -0.3 is 10.3 Å². The molecule has 0 aliphatic rings. The maximum Gasteiger partial charge on any atom is 0.199 e. The standard InChI is InChI=1S/C11H19N3O/c1-4-14-6-5-13-11(14)10(15)7-9(12)8(2)3/h5-6,8-9H,4,7,12H2,1-3H3. The molecule has 0 aliphatic heterocycles. The van der Waals surface area contributed by atoms with Crippen LogP contribution in [0.5, 0.6) is 0 Å². The number of carbonyl (C=O) groups is 1. The van der Waals surface area contributed by atoms with Gasteiger partial charge in [-0.15, -0.1) is 0 Å². The lowest BCUT2D eigenvalue weighted by Crippen LogP contribution is -2.30. The van der Waals surface area contributed by atoms with Crippen molar-refractivity contribution in [2.45, 2.75) is 39.8 Å². The maximum atomic E-state index is 11.8. The monoisotopic (exact) mass is 209 g/mol. The van der Waals surface area contributed by atoms with Crippen molar-refractivity contribution >= 4 is 5.78 Å². The molecule has 0 saturated heterocycles. The van der Waals surface area contributed by atoms with Gasteiger partial charge in [0, 0.05) is 31.4 Å². The van der Waals surface area contributed by atoms with Gasteiger partial charge in [-0.3, -0.25) is 4.79 Å². The van der Waals surface area contributed by atoms with Crippen molar-refractivity contribution in [3.63, 3.8) is 0 Å². The van der Waals surface area contributed by atoms with E-state index in [9.17, 15) is 4.79 Å². The first kappa shape index (κ1) is 11.9. The number of Topliss-reactive ketones (excluding diaryl/α,β-unsaturated/α-hetero) is 1. The van der Waals surface area contributed by atoms with E-state index < -0.39 is 0 Å². The number of ketones is 1. The van der Waals surface area contributed by atoms with Crippen LogP contribution in [0.1, 0.15) is 37.8 Å². The van der Waals surface area contributed by atoms with Crippen molar-refractivity contribution in [3.8, 4) is 0 Å². The fraction of sp³-hybridized carbons (Fsp3) is 0.636. The zero-order valence-corrected chi connectivity index (χ0v) is 9.60. The largest absolute Gasteiger partial charge is 0.329 e. The van der Waals surface area contributed by atoms with Crippen molar-refractivity contribution in [2.75, 3.05) is 0 Å². The molecule has 1 aromatic rings. The van der Waals surface area contributed by atoms with Crippen LogP contribution in [0.15, 0.2) is 12.4 Å². The predicted octanol–water partition coefficient (Wildman–Crippen LogP) is 1.46. The molecule has 15 heavy (non-hydrogen) atoms. The lowest BCUT2D eigenvalue weighted by molar-refractivity contribution is 0.0953. The van der Waals surface area contributed by atoms with E-state index in [4.69, 9.17) is 5.73 Å². The molecule has 4 nitrogen and oxygen atoms in total. The summed E-state index contributed by atoms with van der Waals surface area (Å²) in [5, 5.41) is 0. The summed E-state index contributed by atoms with van der Waals surface area (Å²) in [5.74, 6) is 0.871. The molecule has 0 spiro atoms. The van der Waals surface area contributed by atoms with Gasteiger partial charge in [0.15, 0.2) is 11.6 Å². The molecule has 1 atom stereocenters. The molecule has 0 radical (unpaired) electrons. The summed E-state index contributed by atoms with van der Waals surface area (Å²) in [5.41, 5.74) is 5.86. The lowest BCUT2D eigenvalue weighted by atomic mass is 9.99. The first-order valence-electron chi connectivity index (χ1n) is 5.36. The van der Waals surface area contributed by atoms with Crippen molar-refractivity contribution in [1.29, 1.82) is 0 Å². The lowest BCUT2D eigenvalue weighted by Gasteiger charge is -2.14. The molecule has 0 aromatic carbocycles. The van der Waals surface area contributed by atoms with Gasteiger partial charge in [0.2, 0.25) is 0 Å². The fourth-order valence-electron chi connectivity index (χ4n) is 1.36. The summed E-state index contributed by atoms with van der Waals surface area (Å²) in [6, 6.07) is -0.0838. The van der Waals surface area contributed by atoms with Gasteiger partial charge in [0.25, 0.3) is 0 Å². The predicted molar refractivity (Wildman–Crippen MR) is 59.7 cm³/mol. The summed E-state index contributed by atoms with van der Waals surface area (Å²) < 4.78 is 1.84. The van der Waals surface area contributed by atoms with Crippen molar-refractivity contribution in [3.05, 3.63) is 18.2 Å². The van der Waals surface area contributed by atoms with E-state index in [-0.39, 0.29) is 11.8 Å². The molecule has 0 bridgehead atoms. The molecule has 0 saturated carbocycles. The smallest absolute Gasteiger partial charge is 0.199 e. The highest BCUT2D eigenvalue weighted by molar-refractivity contribution is 5.93. The summed E-state index contributed by atoms with van der Waals surface area (Å²) >= 11 is 0. The quantitative estimate of drug-likeness (QED) is 0.747. The summed E-state index contributed by atoms with van der Waals surface area (Å²) in [6.45, 7) is 6.79. The highest BCUT2D eigenvalue weighted by Gasteiger charge is 2.17. The van der Waals surface area contributed by atoms with E-state index in [0.717, 1.165) is 6.54 Å². The Morgan fingerprint density at radius 3 is 2.80 bits per heavy atom. The van der Waals surface area contributed by atoms with Gasteiger partial charge in [-0.05, 0) is 12.8 Å². The van der Waals surface area contributed by atoms with Crippen LogP contribution in [0.25, 0.3) is 0 Å². The second-order valence-electron chi connectivity index (χ2n) is 4.07. The van der Waals surface area contributed by atoms with Crippen LogP contribution in [0.4, 0.5) is 0 Å². The Labute approximate surface area is 90.5 Å². The normalized spacial score (nSPS) is 13.1. The number of aromatic nitrogens is 2. The molecule has 1 heterocycles. The number of imidazole rings is 1. The van der Waals surface area contributed by atoms with Gasteiger partial charge in [0.05, 0.1) is 0 Å². The number of aryl methyl sites for hydroxylation is 1. The van der Waals surface area contributed by atoms with E-state index >= 15 is 0 Å². The molecule has 1 unspecified atom stereocenters. The van der Waals surface area contributed by atoms with E-state index in [1.54, 1.807) is 6.20 Å². The van der Waals surface area contributed by atoms with Gasteiger partial charge >= 0.3 is 0 Å². The average molecular weight is 209 g/mol. The number of carbonyl (C=O) groups excluding carboxylic acids is 1. The zero-order valence-electron chi connectivity index (χ0n) is 9.60. The molecule has 0 fully saturated rings. The maximum absolute atomic E-state index is 11.8. The molecule has 1 aromatic heterocycles. The van der Waals surface area contributed by atoms with E-state index in [1.165, 1.54) is 0 Å². The zero-order chi connectivity index (χ0) is 11.4. The van der Waals surface area contributed by atoms with Crippen LogP contribution in [0.2, 0.25) is 0 Å². The minimum absolute atomic E-state index is 0.0306. The van der Waals surface area contributed by atoms with Crippen LogP contribution in [0, 0.1) is 5.92 Å². The average Bonchev–Trinajstić information content (AvgIpc) is 2.64. The van der Waals surface area contributed by atoms with Gasteiger partial charge in [0.1, 0.15) is 0 Å². The Morgan fingerprint density at radius 1 is 1.60 bits per heavy atom. The number of hydrogen-bond donors (Lipinski definition) is 1. The van der Waals surface area contributed by atoms with Crippen LogP contribution < -0.4 is 5.73 Å². The molecule has 0 amide bonds. The number of rotatable bonds is 5. The number of nitrogens with two attached hydrogens (primary N) is 1. The van der Waals surface area contributed by atoms with E-state index in [2.05, 4.69) is 4.98 Å². The third-order valence-electron chi connectivity index (χ3n) is 2.58. The molecule has 4 heteroatoms. The Bertz CT molecular complexity index is 330. The first-order valence-corrected chi connectivity index (χ1v) is 5.36. The Kier molecular flexibility index (Phi) is 4.03. The van der Waals surface area contributed by atoms with Crippen LogP contribution >= 0.6 is 0 Å². The minimum Gasteiger partial charge on any atom is -0.329 e. The summed E-state index contributed by atoms with van der Waals surface area (Å²) in [6.07, 6.45) is 3.83. The Morgan fingerprint density at radius 2 is 2.27 bits per heavy atom. The Hall–Kier alpha value is -1.16. The SMILES string of the molecule is CCn1ccnc1C(=O)CC(N)C(C)C. The van der Waals surface area contributed by atoms with Crippen LogP contribution in [-0.4, -0.2) is 21.4 Å². The minimum atomic E-state index is -0.0838. The van der Waals surface area contributed by atoms with Crippen LogP contribution in [0.3, 0.4) is 0 Å². The molecule has 2 N–H and O–H groups in total. The van der Waals surface area contributed by atoms with Crippen molar-refractivity contribution < 1.29 is 4.79 Å². The number of nitrogens with zero attached hydrogens (tertiary/aromatic N) is 2. The summed E-state index contributed by atoms with van der Waals surface area (Å²) in [7, 11) is 0. The highest BCUT2D eigenvalue weighted by atomic mass is 16.1. The van der Waals surface area contributed by atoms with E-state index in [0.29, 0.717) is 18.2 Å². The highest BCUT2D eigenvalue weighted by Crippen LogP contribution is 2.08. The second kappa shape index (κ2) is 5.07.